The second kappa shape index (κ2) is 8.10. The molecule has 3 aromatic heterocycles. The summed E-state index contributed by atoms with van der Waals surface area (Å²) in [5.74, 6) is -0.151. The Labute approximate surface area is 164 Å². The molecule has 0 aliphatic heterocycles. The molecule has 8 heteroatoms. The molecule has 4 aromatic rings. The normalized spacial score (nSPS) is 10.9. The molecule has 28 heavy (non-hydrogen) atoms. The topological polar surface area (TPSA) is 101 Å². The van der Waals surface area contributed by atoms with Gasteiger partial charge in [-0.2, -0.15) is 0 Å². The quantitative estimate of drug-likeness (QED) is 0.526. The van der Waals surface area contributed by atoms with Gasteiger partial charge in [0.05, 0.1) is 29.0 Å². The number of nitrogens with one attached hydrogen (secondary N) is 2. The number of benzene rings is 1. The van der Waals surface area contributed by atoms with Crippen LogP contribution in [0.3, 0.4) is 0 Å². The Morgan fingerprint density at radius 3 is 2.82 bits per heavy atom. The van der Waals surface area contributed by atoms with Crippen molar-refractivity contribution in [1.29, 1.82) is 0 Å². The summed E-state index contributed by atoms with van der Waals surface area (Å²) in [4.78, 5) is 40.2. The number of rotatable bonds is 6. The van der Waals surface area contributed by atoms with Crippen LogP contribution < -0.4 is 10.9 Å². The van der Waals surface area contributed by atoms with Crippen molar-refractivity contribution in [2.45, 2.75) is 19.4 Å². The molecule has 3 heterocycles. The predicted octanol–water partition coefficient (Wildman–Crippen LogP) is 2.69. The summed E-state index contributed by atoms with van der Waals surface area (Å²) < 4.78 is 0. The van der Waals surface area contributed by atoms with Crippen LogP contribution in [0.5, 0.6) is 0 Å². The zero-order valence-electron chi connectivity index (χ0n) is 14.9. The number of hydrogen-bond donors (Lipinski definition) is 2. The SMILES string of the molecule is O=C(CCc1nc2ccccc2[nH]c1=O)NCc1csc(-c2ccccn2)n1. The van der Waals surface area contributed by atoms with E-state index in [0.717, 1.165) is 16.4 Å². The van der Waals surface area contributed by atoms with Crippen LogP contribution in [0.1, 0.15) is 17.8 Å². The zero-order chi connectivity index (χ0) is 19.3. The van der Waals surface area contributed by atoms with Gasteiger partial charge in [-0.1, -0.05) is 18.2 Å². The molecule has 0 saturated heterocycles. The summed E-state index contributed by atoms with van der Waals surface area (Å²) in [6.07, 6.45) is 2.19. The molecule has 1 amide bonds. The van der Waals surface area contributed by atoms with Crippen molar-refractivity contribution >= 4 is 28.3 Å². The fraction of sp³-hybridized carbons (Fsp3) is 0.150. The van der Waals surface area contributed by atoms with Crippen LogP contribution in [0.2, 0.25) is 0 Å². The number of pyridine rings is 1. The number of nitrogens with zero attached hydrogens (tertiary/aromatic N) is 3. The van der Waals surface area contributed by atoms with E-state index in [-0.39, 0.29) is 24.3 Å². The first-order chi connectivity index (χ1) is 13.7. The summed E-state index contributed by atoms with van der Waals surface area (Å²) in [6, 6.07) is 13.0. The third-order valence-electron chi connectivity index (χ3n) is 4.16. The molecule has 0 unspecified atom stereocenters. The Balaban J connectivity index is 1.34. The number of carbonyl (C=O) groups is 1. The smallest absolute Gasteiger partial charge is 0.270 e. The number of carbonyl (C=O) groups excluding carboxylic acids is 1. The maximum atomic E-state index is 12.2. The third-order valence-corrected chi connectivity index (χ3v) is 5.07. The van der Waals surface area contributed by atoms with Gasteiger partial charge in [-0.05, 0) is 24.3 Å². The van der Waals surface area contributed by atoms with Crippen LogP contribution in [-0.4, -0.2) is 25.8 Å². The first-order valence-corrected chi connectivity index (χ1v) is 9.67. The van der Waals surface area contributed by atoms with Crippen molar-refractivity contribution in [3.8, 4) is 10.7 Å². The molecule has 0 spiro atoms. The van der Waals surface area contributed by atoms with Gasteiger partial charge >= 0.3 is 0 Å². The van der Waals surface area contributed by atoms with Crippen LogP contribution in [-0.2, 0) is 17.8 Å². The Bertz CT molecular complexity index is 1170. The molecule has 0 aliphatic carbocycles. The lowest BCUT2D eigenvalue weighted by Gasteiger charge is -2.04. The monoisotopic (exact) mass is 391 g/mol. The summed E-state index contributed by atoms with van der Waals surface area (Å²) in [5.41, 5.74) is 3.09. The Kier molecular flexibility index (Phi) is 5.20. The van der Waals surface area contributed by atoms with Gasteiger partial charge in [-0.25, -0.2) is 9.97 Å². The van der Waals surface area contributed by atoms with Crippen molar-refractivity contribution in [3.63, 3.8) is 0 Å². The van der Waals surface area contributed by atoms with E-state index in [1.54, 1.807) is 12.3 Å². The second-order valence-electron chi connectivity index (χ2n) is 6.17. The standard InChI is InChI=1S/C20H17N5O2S/c26-18(9-8-16-19(27)25-15-6-2-1-5-14(15)24-16)22-11-13-12-28-20(23-13)17-7-3-4-10-21-17/h1-7,10,12H,8-9,11H2,(H,22,26)(H,25,27). The van der Waals surface area contributed by atoms with Crippen LogP contribution >= 0.6 is 11.3 Å². The Hall–Kier alpha value is -3.39. The van der Waals surface area contributed by atoms with E-state index in [1.165, 1.54) is 11.3 Å². The number of aromatic nitrogens is 4. The largest absolute Gasteiger partial charge is 0.350 e. The summed E-state index contributed by atoms with van der Waals surface area (Å²) in [6.45, 7) is 0.337. The molecular formula is C20H17N5O2S. The lowest BCUT2D eigenvalue weighted by Crippen LogP contribution is -2.25. The van der Waals surface area contributed by atoms with Crippen LogP contribution in [0.25, 0.3) is 21.7 Å². The van der Waals surface area contributed by atoms with Crippen LogP contribution in [0.15, 0.2) is 58.8 Å². The molecule has 4 rings (SSSR count). The van der Waals surface area contributed by atoms with Gasteiger partial charge in [0.2, 0.25) is 5.91 Å². The minimum absolute atomic E-state index is 0.151. The number of para-hydroxylation sites is 2. The number of hydrogen-bond acceptors (Lipinski definition) is 6. The highest BCUT2D eigenvalue weighted by molar-refractivity contribution is 7.13. The fourth-order valence-corrected chi connectivity index (χ4v) is 3.54. The van der Waals surface area contributed by atoms with E-state index >= 15 is 0 Å². The number of aromatic amines is 1. The molecule has 0 bridgehead atoms. The van der Waals surface area contributed by atoms with Crippen LogP contribution in [0.4, 0.5) is 0 Å². The van der Waals surface area contributed by atoms with Gasteiger partial charge in [0, 0.05) is 24.4 Å². The molecule has 0 saturated carbocycles. The summed E-state index contributed by atoms with van der Waals surface area (Å²) in [7, 11) is 0. The molecule has 0 atom stereocenters. The van der Waals surface area contributed by atoms with Gasteiger partial charge in [-0.15, -0.1) is 11.3 Å². The number of H-pyrrole nitrogens is 1. The van der Waals surface area contributed by atoms with Crippen molar-refractivity contribution < 1.29 is 4.79 Å². The second-order valence-corrected chi connectivity index (χ2v) is 7.02. The number of amides is 1. The minimum atomic E-state index is -0.258. The van der Waals surface area contributed by atoms with E-state index in [1.807, 2.05) is 41.8 Å². The number of fused-ring (bicyclic) bond motifs is 1. The van der Waals surface area contributed by atoms with E-state index in [4.69, 9.17) is 0 Å². The Morgan fingerprint density at radius 1 is 1.11 bits per heavy atom. The van der Waals surface area contributed by atoms with E-state index < -0.39 is 0 Å². The van der Waals surface area contributed by atoms with Crippen LogP contribution in [0, 0.1) is 0 Å². The molecule has 0 radical (unpaired) electrons. The minimum Gasteiger partial charge on any atom is -0.350 e. The summed E-state index contributed by atoms with van der Waals surface area (Å²) in [5, 5.41) is 5.55. The molecule has 140 valence electrons. The molecule has 0 aliphatic rings. The first kappa shape index (κ1) is 18.0. The van der Waals surface area contributed by atoms with E-state index in [0.29, 0.717) is 23.3 Å². The molecule has 1 aromatic carbocycles. The molecular weight excluding hydrogens is 374 g/mol. The van der Waals surface area contributed by atoms with Crippen molar-refractivity contribution in [2.75, 3.05) is 0 Å². The van der Waals surface area contributed by atoms with Crippen molar-refractivity contribution in [3.05, 3.63) is 75.8 Å². The average Bonchev–Trinajstić information content (AvgIpc) is 3.20. The van der Waals surface area contributed by atoms with E-state index in [9.17, 15) is 9.59 Å². The fourth-order valence-electron chi connectivity index (χ4n) is 2.74. The highest BCUT2D eigenvalue weighted by Crippen LogP contribution is 2.21. The average molecular weight is 391 g/mol. The highest BCUT2D eigenvalue weighted by Gasteiger charge is 2.10. The third kappa shape index (κ3) is 4.12. The maximum Gasteiger partial charge on any atom is 0.270 e. The van der Waals surface area contributed by atoms with E-state index in [2.05, 4.69) is 25.3 Å². The van der Waals surface area contributed by atoms with Gasteiger partial charge in [-0.3, -0.25) is 14.6 Å². The van der Waals surface area contributed by atoms with Gasteiger partial charge < -0.3 is 10.3 Å². The molecule has 2 N–H and O–H groups in total. The first-order valence-electron chi connectivity index (χ1n) is 8.79. The molecule has 7 nitrogen and oxygen atoms in total. The predicted molar refractivity (Wildman–Crippen MR) is 108 cm³/mol. The number of aryl methyl sites for hydroxylation is 1. The summed E-state index contributed by atoms with van der Waals surface area (Å²) >= 11 is 1.49. The Morgan fingerprint density at radius 2 is 1.96 bits per heavy atom. The lowest BCUT2D eigenvalue weighted by molar-refractivity contribution is -0.121. The van der Waals surface area contributed by atoms with Crippen molar-refractivity contribution in [2.24, 2.45) is 0 Å². The lowest BCUT2D eigenvalue weighted by atomic mass is 10.2. The van der Waals surface area contributed by atoms with Crippen molar-refractivity contribution in [1.82, 2.24) is 25.3 Å². The molecule has 0 fully saturated rings. The maximum absolute atomic E-state index is 12.2. The van der Waals surface area contributed by atoms with Gasteiger partial charge in [0.25, 0.3) is 5.56 Å². The number of thiazole rings is 1. The van der Waals surface area contributed by atoms with Gasteiger partial charge in [0.1, 0.15) is 10.7 Å². The highest BCUT2D eigenvalue weighted by atomic mass is 32.1. The zero-order valence-corrected chi connectivity index (χ0v) is 15.7. The van der Waals surface area contributed by atoms with Gasteiger partial charge in [0.15, 0.2) is 0 Å².